The van der Waals surface area contributed by atoms with Crippen molar-refractivity contribution < 1.29 is 4.39 Å². The molecule has 1 aromatic carbocycles. The van der Waals surface area contributed by atoms with Crippen molar-refractivity contribution in [2.24, 2.45) is 0 Å². The average molecular weight is 164 g/mol. The minimum Gasteiger partial charge on any atom is -0.369 e. The van der Waals surface area contributed by atoms with Gasteiger partial charge in [0.1, 0.15) is 5.82 Å². The van der Waals surface area contributed by atoms with Crippen molar-refractivity contribution in [2.45, 2.75) is 12.8 Å². The number of halogens is 1. The summed E-state index contributed by atoms with van der Waals surface area (Å²) in [7, 11) is 0. The maximum absolute atomic E-state index is 13.2. The van der Waals surface area contributed by atoms with E-state index in [-0.39, 0.29) is 5.82 Å². The van der Waals surface area contributed by atoms with Crippen LogP contribution in [0.2, 0.25) is 0 Å². The molecule has 1 aliphatic rings. The Morgan fingerprint density at radius 3 is 2.75 bits per heavy atom. The van der Waals surface area contributed by atoms with Crippen molar-refractivity contribution in [3.05, 3.63) is 30.1 Å². The molecule has 0 aliphatic carbocycles. The van der Waals surface area contributed by atoms with Gasteiger partial charge in [-0.2, -0.15) is 0 Å². The third kappa shape index (κ3) is 1.29. The van der Waals surface area contributed by atoms with Gasteiger partial charge in [-0.1, -0.05) is 12.1 Å². The third-order valence-corrected chi connectivity index (χ3v) is 2.21. The number of para-hydroxylation sites is 1. The Labute approximate surface area is 71.8 Å². The van der Waals surface area contributed by atoms with Gasteiger partial charge in [-0.15, -0.1) is 0 Å². The SMILES string of the molecule is Fc1ccc[c]c1N1CCCC1. The molecule has 0 aromatic heterocycles. The van der Waals surface area contributed by atoms with Gasteiger partial charge < -0.3 is 4.90 Å². The summed E-state index contributed by atoms with van der Waals surface area (Å²) in [5.41, 5.74) is 0.634. The lowest BCUT2D eigenvalue weighted by Crippen LogP contribution is -2.18. The summed E-state index contributed by atoms with van der Waals surface area (Å²) in [5.74, 6) is -0.153. The van der Waals surface area contributed by atoms with Crippen LogP contribution in [0.1, 0.15) is 12.8 Å². The number of nitrogens with zero attached hydrogens (tertiary/aromatic N) is 1. The van der Waals surface area contributed by atoms with E-state index in [9.17, 15) is 4.39 Å². The van der Waals surface area contributed by atoms with Gasteiger partial charge in [0, 0.05) is 19.2 Å². The van der Waals surface area contributed by atoms with E-state index in [0.717, 1.165) is 13.1 Å². The topological polar surface area (TPSA) is 3.24 Å². The minimum absolute atomic E-state index is 0.153. The van der Waals surface area contributed by atoms with Crippen molar-refractivity contribution in [1.82, 2.24) is 0 Å². The number of anilines is 1. The molecule has 1 radical (unpaired) electrons. The lowest BCUT2D eigenvalue weighted by molar-refractivity contribution is 0.623. The molecule has 2 rings (SSSR count). The molecular weight excluding hydrogens is 153 g/mol. The van der Waals surface area contributed by atoms with Crippen molar-refractivity contribution in [2.75, 3.05) is 18.0 Å². The summed E-state index contributed by atoms with van der Waals surface area (Å²) < 4.78 is 13.2. The van der Waals surface area contributed by atoms with Gasteiger partial charge in [0.15, 0.2) is 0 Å². The summed E-state index contributed by atoms with van der Waals surface area (Å²) in [6.07, 6.45) is 2.34. The second-order valence-electron chi connectivity index (χ2n) is 3.06. The Morgan fingerprint density at radius 1 is 1.33 bits per heavy atom. The van der Waals surface area contributed by atoms with E-state index in [0.29, 0.717) is 5.69 Å². The van der Waals surface area contributed by atoms with Crippen LogP contribution in [-0.2, 0) is 0 Å². The van der Waals surface area contributed by atoms with Crippen molar-refractivity contribution in [3.63, 3.8) is 0 Å². The predicted molar refractivity (Wildman–Crippen MR) is 46.7 cm³/mol. The zero-order valence-corrected chi connectivity index (χ0v) is 6.89. The first-order chi connectivity index (χ1) is 5.88. The monoisotopic (exact) mass is 164 g/mol. The number of benzene rings is 1. The molecule has 0 bridgehead atoms. The number of hydrogen-bond donors (Lipinski definition) is 0. The molecule has 1 heterocycles. The summed E-state index contributed by atoms with van der Waals surface area (Å²) in [5, 5.41) is 0. The highest BCUT2D eigenvalue weighted by Gasteiger charge is 2.14. The summed E-state index contributed by atoms with van der Waals surface area (Å²) in [6, 6.07) is 7.86. The molecule has 1 nitrogen and oxygen atoms in total. The van der Waals surface area contributed by atoms with Crippen LogP contribution in [0.25, 0.3) is 0 Å². The van der Waals surface area contributed by atoms with Gasteiger partial charge >= 0.3 is 0 Å². The second kappa shape index (κ2) is 3.13. The Bertz CT molecular complexity index is 266. The summed E-state index contributed by atoms with van der Waals surface area (Å²) in [4.78, 5) is 2.05. The van der Waals surface area contributed by atoms with E-state index >= 15 is 0 Å². The van der Waals surface area contributed by atoms with Gasteiger partial charge in [0.2, 0.25) is 0 Å². The Balaban J connectivity index is 2.26. The molecule has 0 saturated carbocycles. The molecule has 0 amide bonds. The highest BCUT2D eigenvalue weighted by Crippen LogP contribution is 2.21. The van der Waals surface area contributed by atoms with Crippen molar-refractivity contribution in [3.8, 4) is 0 Å². The first kappa shape index (κ1) is 7.59. The molecule has 63 valence electrons. The Hall–Kier alpha value is -1.05. The molecule has 1 aromatic rings. The van der Waals surface area contributed by atoms with Crippen molar-refractivity contribution >= 4 is 5.69 Å². The molecule has 2 heteroatoms. The van der Waals surface area contributed by atoms with E-state index < -0.39 is 0 Å². The second-order valence-corrected chi connectivity index (χ2v) is 3.06. The fraction of sp³-hybridized carbons (Fsp3) is 0.400. The molecule has 0 N–H and O–H groups in total. The third-order valence-electron chi connectivity index (χ3n) is 2.21. The smallest absolute Gasteiger partial charge is 0.147 e. The molecule has 0 unspecified atom stereocenters. The number of hydrogen-bond acceptors (Lipinski definition) is 1. The van der Waals surface area contributed by atoms with E-state index in [4.69, 9.17) is 0 Å². The molecule has 12 heavy (non-hydrogen) atoms. The normalized spacial score (nSPS) is 16.9. The van der Waals surface area contributed by atoms with Gasteiger partial charge in [-0.25, -0.2) is 4.39 Å². The van der Waals surface area contributed by atoms with Crippen LogP contribution in [0.5, 0.6) is 0 Å². The fourth-order valence-electron chi connectivity index (χ4n) is 1.59. The molecular formula is C10H11FN. The Morgan fingerprint density at radius 2 is 2.08 bits per heavy atom. The van der Waals surface area contributed by atoms with Crippen LogP contribution in [-0.4, -0.2) is 13.1 Å². The fourth-order valence-corrected chi connectivity index (χ4v) is 1.59. The minimum atomic E-state index is -0.153. The number of rotatable bonds is 1. The van der Waals surface area contributed by atoms with E-state index in [1.165, 1.54) is 18.9 Å². The average Bonchev–Trinajstić information content (AvgIpc) is 2.57. The standard InChI is InChI=1S/C10H11FN/c11-9-5-1-2-6-10(9)12-7-3-4-8-12/h1-2,5H,3-4,7-8H2. The van der Waals surface area contributed by atoms with Gasteiger partial charge in [0.05, 0.1) is 5.69 Å². The van der Waals surface area contributed by atoms with Gasteiger partial charge in [-0.3, -0.25) is 0 Å². The molecule has 0 spiro atoms. The maximum Gasteiger partial charge on any atom is 0.147 e. The zero-order valence-electron chi connectivity index (χ0n) is 6.89. The lowest BCUT2D eigenvalue weighted by Gasteiger charge is -2.17. The van der Waals surface area contributed by atoms with Crippen LogP contribution in [0.4, 0.5) is 10.1 Å². The Kier molecular flexibility index (Phi) is 1.98. The van der Waals surface area contributed by atoms with Crippen LogP contribution >= 0.6 is 0 Å². The molecule has 1 aliphatic heterocycles. The van der Waals surface area contributed by atoms with Gasteiger partial charge in [-0.05, 0) is 18.9 Å². The molecule has 1 saturated heterocycles. The van der Waals surface area contributed by atoms with Crippen LogP contribution in [0.3, 0.4) is 0 Å². The quantitative estimate of drug-likeness (QED) is 0.615. The first-order valence-corrected chi connectivity index (χ1v) is 4.29. The zero-order chi connectivity index (χ0) is 8.39. The van der Waals surface area contributed by atoms with E-state index in [1.54, 1.807) is 12.1 Å². The predicted octanol–water partition coefficient (Wildman–Crippen LogP) is 2.23. The molecule has 0 atom stereocenters. The largest absolute Gasteiger partial charge is 0.369 e. The van der Waals surface area contributed by atoms with Crippen LogP contribution < -0.4 is 4.90 Å². The highest BCUT2D eigenvalue weighted by atomic mass is 19.1. The van der Waals surface area contributed by atoms with Crippen LogP contribution in [0, 0.1) is 11.9 Å². The summed E-state index contributed by atoms with van der Waals surface area (Å²) >= 11 is 0. The van der Waals surface area contributed by atoms with Crippen LogP contribution in [0.15, 0.2) is 18.2 Å². The van der Waals surface area contributed by atoms with Gasteiger partial charge in [0.25, 0.3) is 0 Å². The summed E-state index contributed by atoms with van der Waals surface area (Å²) in [6.45, 7) is 1.94. The first-order valence-electron chi connectivity index (χ1n) is 4.29. The van der Waals surface area contributed by atoms with E-state index in [1.807, 2.05) is 0 Å². The maximum atomic E-state index is 13.2. The van der Waals surface area contributed by atoms with E-state index in [2.05, 4.69) is 11.0 Å². The lowest BCUT2D eigenvalue weighted by atomic mass is 10.3. The van der Waals surface area contributed by atoms with Crippen molar-refractivity contribution in [1.29, 1.82) is 0 Å². The highest BCUT2D eigenvalue weighted by molar-refractivity contribution is 5.47. The molecule has 1 fully saturated rings.